The summed E-state index contributed by atoms with van der Waals surface area (Å²) >= 11 is 4.71. The van der Waals surface area contributed by atoms with E-state index in [9.17, 15) is 4.79 Å². The minimum absolute atomic E-state index is 0.000490. The zero-order chi connectivity index (χ0) is 13.1. The van der Waals surface area contributed by atoms with Crippen molar-refractivity contribution in [2.75, 3.05) is 5.75 Å². The molecule has 0 aliphatic heterocycles. The van der Waals surface area contributed by atoms with Gasteiger partial charge in [0.25, 0.3) is 0 Å². The van der Waals surface area contributed by atoms with Gasteiger partial charge in [0.1, 0.15) is 0 Å². The van der Waals surface area contributed by atoms with Crippen LogP contribution in [0.15, 0.2) is 40.2 Å². The number of carboxylic acid groups (broad SMARTS) is 1. The predicted molar refractivity (Wildman–Crippen MR) is 74.4 cm³/mol. The van der Waals surface area contributed by atoms with Crippen LogP contribution < -0.4 is 0 Å². The van der Waals surface area contributed by atoms with Gasteiger partial charge >= 0.3 is 5.97 Å². The lowest BCUT2D eigenvalue weighted by Crippen LogP contribution is -2.01. The molecule has 0 atom stereocenters. The quantitative estimate of drug-likeness (QED) is 0.877. The molecular weight excluding hydrogens is 316 g/mol. The third-order valence-electron chi connectivity index (χ3n) is 2.29. The van der Waals surface area contributed by atoms with Gasteiger partial charge in [0.2, 0.25) is 0 Å². The standard InChI is InChI=1S/C12H11BrN2O2S/c1-8-2-3-10(9(13)6-8)15-5-4-14-12(15)18-7-11(16)17/h2-6H,7H2,1H3,(H,16,17). The van der Waals surface area contributed by atoms with Crippen molar-refractivity contribution in [3.63, 3.8) is 0 Å². The molecule has 18 heavy (non-hydrogen) atoms. The molecule has 1 N–H and O–H groups in total. The molecule has 0 fully saturated rings. The summed E-state index contributed by atoms with van der Waals surface area (Å²) in [5.74, 6) is -0.849. The largest absolute Gasteiger partial charge is 0.481 e. The lowest BCUT2D eigenvalue weighted by Gasteiger charge is -2.09. The van der Waals surface area contributed by atoms with Crippen molar-refractivity contribution in [1.29, 1.82) is 0 Å². The summed E-state index contributed by atoms with van der Waals surface area (Å²) in [6, 6.07) is 6.00. The molecule has 94 valence electrons. The van der Waals surface area contributed by atoms with E-state index < -0.39 is 5.97 Å². The minimum atomic E-state index is -0.850. The molecule has 2 aromatic rings. The van der Waals surface area contributed by atoms with Crippen molar-refractivity contribution in [2.45, 2.75) is 12.1 Å². The highest BCUT2D eigenvalue weighted by Gasteiger charge is 2.10. The number of rotatable bonds is 4. The van der Waals surface area contributed by atoms with Crippen LogP contribution in [-0.4, -0.2) is 26.4 Å². The molecule has 0 saturated carbocycles. The summed E-state index contributed by atoms with van der Waals surface area (Å²) in [6.07, 6.45) is 3.48. The van der Waals surface area contributed by atoms with Crippen LogP contribution in [0.1, 0.15) is 5.56 Å². The molecule has 2 rings (SSSR count). The number of benzene rings is 1. The summed E-state index contributed by atoms with van der Waals surface area (Å²) in [5, 5.41) is 9.37. The fourth-order valence-electron chi connectivity index (χ4n) is 1.51. The molecule has 1 aromatic heterocycles. The van der Waals surface area contributed by atoms with Crippen molar-refractivity contribution in [3.05, 3.63) is 40.6 Å². The molecule has 0 amide bonds. The number of hydrogen-bond acceptors (Lipinski definition) is 3. The fourth-order valence-corrected chi connectivity index (χ4v) is 2.88. The molecule has 1 heterocycles. The number of nitrogens with zero attached hydrogens (tertiary/aromatic N) is 2. The summed E-state index contributed by atoms with van der Waals surface area (Å²) in [6.45, 7) is 2.02. The Hall–Kier alpha value is -1.27. The lowest BCUT2D eigenvalue weighted by molar-refractivity contribution is -0.133. The van der Waals surface area contributed by atoms with Crippen molar-refractivity contribution in [3.8, 4) is 5.69 Å². The van der Waals surface area contributed by atoms with E-state index in [1.807, 2.05) is 35.9 Å². The van der Waals surface area contributed by atoms with E-state index in [4.69, 9.17) is 5.11 Å². The predicted octanol–water partition coefficient (Wildman–Crippen LogP) is 3.12. The molecule has 0 unspecified atom stereocenters. The molecule has 4 nitrogen and oxygen atoms in total. The van der Waals surface area contributed by atoms with Crippen LogP contribution in [-0.2, 0) is 4.79 Å². The first-order valence-corrected chi connectivity index (χ1v) is 7.00. The highest BCUT2D eigenvalue weighted by molar-refractivity contribution is 9.10. The van der Waals surface area contributed by atoms with Crippen molar-refractivity contribution >= 4 is 33.7 Å². The Balaban J connectivity index is 2.33. The van der Waals surface area contributed by atoms with Gasteiger partial charge in [-0.2, -0.15) is 0 Å². The SMILES string of the molecule is Cc1ccc(-n2ccnc2SCC(=O)O)c(Br)c1. The number of thioether (sulfide) groups is 1. The summed E-state index contributed by atoms with van der Waals surface area (Å²) < 4.78 is 2.83. The first kappa shape index (κ1) is 13.2. The van der Waals surface area contributed by atoms with Crippen LogP contribution in [0.5, 0.6) is 0 Å². The van der Waals surface area contributed by atoms with Gasteiger partial charge < -0.3 is 5.11 Å². The van der Waals surface area contributed by atoms with Crippen LogP contribution in [0, 0.1) is 6.92 Å². The monoisotopic (exact) mass is 326 g/mol. The lowest BCUT2D eigenvalue weighted by atomic mass is 10.2. The van der Waals surface area contributed by atoms with Crippen LogP contribution in [0.3, 0.4) is 0 Å². The smallest absolute Gasteiger partial charge is 0.313 e. The van der Waals surface area contributed by atoms with Gasteiger partial charge in [-0.3, -0.25) is 9.36 Å². The van der Waals surface area contributed by atoms with E-state index in [0.717, 1.165) is 15.7 Å². The third kappa shape index (κ3) is 2.94. The van der Waals surface area contributed by atoms with E-state index in [1.165, 1.54) is 11.8 Å². The fraction of sp³-hybridized carbons (Fsp3) is 0.167. The molecular formula is C12H11BrN2O2S. The molecule has 1 aromatic carbocycles. The van der Waals surface area contributed by atoms with Crippen LogP contribution in [0.25, 0.3) is 5.69 Å². The number of halogens is 1. The Morgan fingerprint density at radius 3 is 3.00 bits per heavy atom. The maximum absolute atomic E-state index is 10.6. The van der Waals surface area contributed by atoms with E-state index in [1.54, 1.807) is 6.20 Å². The summed E-state index contributed by atoms with van der Waals surface area (Å²) in [4.78, 5) is 14.8. The van der Waals surface area contributed by atoms with Gasteiger partial charge in [0, 0.05) is 16.9 Å². The minimum Gasteiger partial charge on any atom is -0.481 e. The second kappa shape index (κ2) is 5.58. The van der Waals surface area contributed by atoms with Crippen molar-refractivity contribution in [1.82, 2.24) is 9.55 Å². The van der Waals surface area contributed by atoms with Crippen LogP contribution in [0.4, 0.5) is 0 Å². The number of carbonyl (C=O) groups is 1. The summed E-state index contributed by atoms with van der Waals surface area (Å²) in [5.41, 5.74) is 2.11. The van der Waals surface area contributed by atoms with Gasteiger partial charge in [-0.15, -0.1) is 0 Å². The molecule has 0 saturated heterocycles. The Bertz CT molecular complexity index is 583. The van der Waals surface area contributed by atoms with Gasteiger partial charge in [0.05, 0.1) is 11.4 Å². The van der Waals surface area contributed by atoms with E-state index in [0.29, 0.717) is 5.16 Å². The highest BCUT2D eigenvalue weighted by Crippen LogP contribution is 2.26. The van der Waals surface area contributed by atoms with Gasteiger partial charge in [-0.1, -0.05) is 17.8 Å². The van der Waals surface area contributed by atoms with Gasteiger partial charge in [-0.25, -0.2) is 4.98 Å². The Morgan fingerprint density at radius 2 is 2.33 bits per heavy atom. The number of aryl methyl sites for hydroxylation is 1. The first-order chi connectivity index (χ1) is 8.58. The average Bonchev–Trinajstić information content (AvgIpc) is 2.74. The molecule has 6 heteroatoms. The summed E-state index contributed by atoms with van der Waals surface area (Å²) in [7, 11) is 0. The molecule has 0 aliphatic rings. The van der Waals surface area contributed by atoms with Crippen molar-refractivity contribution in [2.24, 2.45) is 0 Å². The normalized spacial score (nSPS) is 10.6. The second-order valence-corrected chi connectivity index (χ2v) is 5.51. The van der Waals surface area contributed by atoms with E-state index >= 15 is 0 Å². The number of aliphatic carboxylic acids is 1. The third-order valence-corrected chi connectivity index (χ3v) is 3.88. The Morgan fingerprint density at radius 1 is 1.56 bits per heavy atom. The molecule has 0 bridgehead atoms. The molecule has 0 radical (unpaired) electrons. The number of hydrogen-bond donors (Lipinski definition) is 1. The first-order valence-electron chi connectivity index (χ1n) is 5.22. The zero-order valence-corrected chi connectivity index (χ0v) is 12.0. The Kier molecular flexibility index (Phi) is 4.08. The van der Waals surface area contributed by atoms with E-state index in [2.05, 4.69) is 20.9 Å². The van der Waals surface area contributed by atoms with Gasteiger partial charge in [-0.05, 0) is 40.5 Å². The van der Waals surface area contributed by atoms with Crippen LogP contribution >= 0.6 is 27.7 Å². The van der Waals surface area contributed by atoms with E-state index in [-0.39, 0.29) is 5.75 Å². The second-order valence-electron chi connectivity index (χ2n) is 3.72. The van der Waals surface area contributed by atoms with Crippen LogP contribution in [0.2, 0.25) is 0 Å². The number of carboxylic acids is 1. The molecule has 0 spiro atoms. The zero-order valence-electron chi connectivity index (χ0n) is 9.63. The maximum atomic E-state index is 10.6. The number of imidazole rings is 1. The highest BCUT2D eigenvalue weighted by atomic mass is 79.9. The van der Waals surface area contributed by atoms with Gasteiger partial charge in [0.15, 0.2) is 5.16 Å². The Labute approximate surface area is 117 Å². The maximum Gasteiger partial charge on any atom is 0.313 e. The molecule has 0 aliphatic carbocycles. The topological polar surface area (TPSA) is 55.1 Å². The average molecular weight is 327 g/mol. The van der Waals surface area contributed by atoms with Crippen molar-refractivity contribution < 1.29 is 9.90 Å². The number of aromatic nitrogens is 2.